The van der Waals surface area contributed by atoms with Gasteiger partial charge in [-0.15, -0.1) is 0 Å². The van der Waals surface area contributed by atoms with Crippen LogP contribution in [-0.4, -0.2) is 26.2 Å². The summed E-state index contributed by atoms with van der Waals surface area (Å²) in [5.41, 5.74) is 1.32. The molecule has 1 N–H and O–H groups in total. The van der Waals surface area contributed by atoms with Gasteiger partial charge < -0.3 is 10.2 Å². The minimum atomic E-state index is 0.774. The molecule has 0 bridgehead atoms. The van der Waals surface area contributed by atoms with Gasteiger partial charge in [-0.3, -0.25) is 0 Å². The molecule has 2 heteroatoms. The Kier molecular flexibility index (Phi) is 6.38. The molecule has 2 nitrogen and oxygen atoms in total. The predicted octanol–water partition coefficient (Wildman–Crippen LogP) is 4.07. The summed E-state index contributed by atoms with van der Waals surface area (Å²) in [6.07, 6.45) is 8.22. The molecule has 0 saturated heterocycles. The van der Waals surface area contributed by atoms with Crippen LogP contribution in [0.25, 0.3) is 0 Å². The average Bonchev–Trinajstić information content (AvgIpc) is 2.52. The molecule has 112 valence electrons. The quantitative estimate of drug-likeness (QED) is 0.754. The fourth-order valence-electron chi connectivity index (χ4n) is 3.38. The smallest absolute Gasteiger partial charge is 0.0363 e. The van der Waals surface area contributed by atoms with Gasteiger partial charge in [-0.1, -0.05) is 44.4 Å². The fraction of sp³-hybridized carbons (Fsp3) is 0.667. The van der Waals surface area contributed by atoms with Gasteiger partial charge in [-0.2, -0.15) is 0 Å². The molecule has 1 saturated carbocycles. The number of nitrogens with zero attached hydrogens (tertiary/aromatic N) is 1. The number of anilines is 1. The summed E-state index contributed by atoms with van der Waals surface area (Å²) in [5.74, 6) is 0.913. The summed E-state index contributed by atoms with van der Waals surface area (Å²) in [6.45, 7) is 4.62. The van der Waals surface area contributed by atoms with Gasteiger partial charge in [0.15, 0.2) is 0 Å². The Balaban J connectivity index is 1.66. The van der Waals surface area contributed by atoms with Crippen LogP contribution >= 0.6 is 0 Å². The molecule has 20 heavy (non-hydrogen) atoms. The Labute approximate surface area is 124 Å². The van der Waals surface area contributed by atoms with E-state index in [0.29, 0.717) is 0 Å². The van der Waals surface area contributed by atoms with Crippen molar-refractivity contribution in [2.75, 3.05) is 25.0 Å². The Morgan fingerprint density at radius 2 is 1.90 bits per heavy atom. The van der Waals surface area contributed by atoms with Gasteiger partial charge in [0.1, 0.15) is 0 Å². The summed E-state index contributed by atoms with van der Waals surface area (Å²) in [6, 6.07) is 11.4. The number of nitrogens with one attached hydrogen (secondary N) is 1. The highest BCUT2D eigenvalue weighted by atomic mass is 15.1. The Hall–Kier alpha value is -1.02. The lowest BCUT2D eigenvalue weighted by molar-refractivity contribution is 0.256. The third kappa shape index (κ3) is 4.52. The number of para-hydroxylation sites is 1. The van der Waals surface area contributed by atoms with Crippen LogP contribution in [0.5, 0.6) is 0 Å². The summed E-state index contributed by atoms with van der Waals surface area (Å²) >= 11 is 0. The van der Waals surface area contributed by atoms with Gasteiger partial charge in [0.05, 0.1) is 0 Å². The highest BCUT2D eigenvalue weighted by Gasteiger charge is 2.22. The minimum Gasteiger partial charge on any atom is -0.375 e. The molecule has 1 aromatic carbocycles. The fourth-order valence-corrected chi connectivity index (χ4v) is 3.38. The van der Waals surface area contributed by atoms with Crippen molar-refractivity contribution in [3.05, 3.63) is 30.3 Å². The van der Waals surface area contributed by atoms with Crippen LogP contribution in [0.1, 0.15) is 45.4 Å². The van der Waals surface area contributed by atoms with Crippen LogP contribution in [-0.2, 0) is 0 Å². The van der Waals surface area contributed by atoms with Crippen LogP contribution in [0.3, 0.4) is 0 Å². The first kappa shape index (κ1) is 15.4. The van der Waals surface area contributed by atoms with E-state index in [0.717, 1.165) is 25.0 Å². The third-order valence-corrected chi connectivity index (χ3v) is 4.71. The minimum absolute atomic E-state index is 0.774. The molecule has 1 aromatic rings. The first-order chi connectivity index (χ1) is 9.81. The van der Waals surface area contributed by atoms with E-state index >= 15 is 0 Å². The SMILES string of the molecule is CCC1CCCCC1NCCCN(C)c1ccccc1. The molecule has 0 heterocycles. The van der Waals surface area contributed by atoms with Gasteiger partial charge in [0.2, 0.25) is 0 Å². The molecule has 2 rings (SSSR count). The van der Waals surface area contributed by atoms with Crippen molar-refractivity contribution in [1.29, 1.82) is 0 Å². The maximum Gasteiger partial charge on any atom is 0.0363 e. The maximum absolute atomic E-state index is 3.80. The van der Waals surface area contributed by atoms with E-state index in [-0.39, 0.29) is 0 Å². The maximum atomic E-state index is 3.80. The largest absolute Gasteiger partial charge is 0.375 e. The molecule has 2 unspecified atom stereocenters. The van der Waals surface area contributed by atoms with Crippen LogP contribution in [0.15, 0.2) is 30.3 Å². The molecule has 0 radical (unpaired) electrons. The molecule has 2 atom stereocenters. The second-order valence-electron chi connectivity index (χ2n) is 6.12. The summed E-state index contributed by atoms with van der Waals surface area (Å²) in [5, 5.41) is 3.80. The molecule has 1 fully saturated rings. The van der Waals surface area contributed by atoms with E-state index in [2.05, 4.69) is 54.5 Å². The highest BCUT2D eigenvalue weighted by molar-refractivity contribution is 5.44. The zero-order chi connectivity index (χ0) is 14.2. The predicted molar refractivity (Wildman–Crippen MR) is 88.4 cm³/mol. The molecule has 1 aliphatic rings. The first-order valence-corrected chi connectivity index (χ1v) is 8.31. The van der Waals surface area contributed by atoms with Crippen molar-refractivity contribution < 1.29 is 0 Å². The Bertz CT molecular complexity index is 363. The van der Waals surface area contributed by atoms with Gasteiger partial charge in [0, 0.05) is 25.3 Å². The molecule has 0 amide bonds. The van der Waals surface area contributed by atoms with E-state index in [9.17, 15) is 0 Å². The summed E-state index contributed by atoms with van der Waals surface area (Å²) in [7, 11) is 2.19. The Morgan fingerprint density at radius 3 is 2.65 bits per heavy atom. The standard InChI is InChI=1S/C18H30N2/c1-3-16-10-7-8-13-18(16)19-14-9-15-20(2)17-11-5-4-6-12-17/h4-6,11-12,16,18-19H,3,7-10,13-15H2,1-2H3. The number of rotatable bonds is 7. The van der Waals surface area contributed by atoms with E-state index in [1.165, 1.54) is 44.2 Å². The molecule has 1 aliphatic carbocycles. The number of benzene rings is 1. The second kappa shape index (κ2) is 8.31. The van der Waals surface area contributed by atoms with Crippen LogP contribution in [0.2, 0.25) is 0 Å². The van der Waals surface area contributed by atoms with Crippen LogP contribution < -0.4 is 10.2 Å². The van der Waals surface area contributed by atoms with Crippen molar-refractivity contribution in [1.82, 2.24) is 5.32 Å². The first-order valence-electron chi connectivity index (χ1n) is 8.31. The average molecular weight is 274 g/mol. The van der Waals surface area contributed by atoms with Crippen LogP contribution in [0, 0.1) is 5.92 Å². The molecular formula is C18H30N2. The van der Waals surface area contributed by atoms with Crippen molar-refractivity contribution in [2.45, 2.75) is 51.5 Å². The molecular weight excluding hydrogens is 244 g/mol. The zero-order valence-corrected chi connectivity index (χ0v) is 13.1. The summed E-state index contributed by atoms with van der Waals surface area (Å²) in [4.78, 5) is 2.35. The van der Waals surface area contributed by atoms with Gasteiger partial charge >= 0.3 is 0 Å². The normalized spacial score (nSPS) is 22.7. The van der Waals surface area contributed by atoms with Gasteiger partial charge in [-0.25, -0.2) is 0 Å². The third-order valence-electron chi connectivity index (χ3n) is 4.71. The van der Waals surface area contributed by atoms with Crippen molar-refractivity contribution in [3.8, 4) is 0 Å². The lowest BCUT2D eigenvalue weighted by Gasteiger charge is -2.32. The van der Waals surface area contributed by atoms with E-state index in [4.69, 9.17) is 0 Å². The van der Waals surface area contributed by atoms with E-state index in [1.807, 2.05) is 0 Å². The van der Waals surface area contributed by atoms with E-state index < -0.39 is 0 Å². The monoisotopic (exact) mass is 274 g/mol. The van der Waals surface area contributed by atoms with Gasteiger partial charge in [-0.05, 0) is 43.9 Å². The number of hydrogen-bond acceptors (Lipinski definition) is 2. The van der Waals surface area contributed by atoms with Crippen molar-refractivity contribution >= 4 is 5.69 Å². The Morgan fingerprint density at radius 1 is 1.15 bits per heavy atom. The van der Waals surface area contributed by atoms with E-state index in [1.54, 1.807) is 0 Å². The number of hydrogen-bond donors (Lipinski definition) is 1. The molecule has 0 aliphatic heterocycles. The highest BCUT2D eigenvalue weighted by Crippen LogP contribution is 2.26. The zero-order valence-electron chi connectivity index (χ0n) is 13.1. The lowest BCUT2D eigenvalue weighted by Crippen LogP contribution is -2.39. The molecule has 0 spiro atoms. The summed E-state index contributed by atoms with van der Waals surface area (Å²) < 4.78 is 0. The second-order valence-corrected chi connectivity index (χ2v) is 6.12. The van der Waals surface area contributed by atoms with Crippen molar-refractivity contribution in [2.24, 2.45) is 5.92 Å². The lowest BCUT2D eigenvalue weighted by atomic mass is 9.83. The van der Waals surface area contributed by atoms with Gasteiger partial charge in [0.25, 0.3) is 0 Å². The topological polar surface area (TPSA) is 15.3 Å². The molecule has 0 aromatic heterocycles. The van der Waals surface area contributed by atoms with Crippen molar-refractivity contribution in [3.63, 3.8) is 0 Å². The van der Waals surface area contributed by atoms with Crippen LogP contribution in [0.4, 0.5) is 5.69 Å².